The van der Waals surface area contributed by atoms with Gasteiger partial charge in [0.1, 0.15) is 12.7 Å². The fourth-order valence-electron chi connectivity index (χ4n) is 7.28. The van der Waals surface area contributed by atoms with Gasteiger partial charge >= 0.3 is 25.7 Å². The third-order valence-corrected chi connectivity index (χ3v) is 12.7. The van der Waals surface area contributed by atoms with Gasteiger partial charge < -0.3 is 24.2 Å². The highest BCUT2D eigenvalue weighted by Gasteiger charge is 2.28. The van der Waals surface area contributed by atoms with Gasteiger partial charge in [-0.2, -0.15) is 0 Å². The van der Waals surface area contributed by atoms with Crippen LogP contribution < -0.4 is 0 Å². The maximum Gasteiger partial charge on any atom is 0.472 e. The van der Waals surface area contributed by atoms with Gasteiger partial charge in [0.2, 0.25) is 0 Å². The van der Waals surface area contributed by atoms with E-state index in [1.807, 2.05) is 12.2 Å². The van der Waals surface area contributed by atoms with Crippen LogP contribution in [0.5, 0.6) is 0 Å². The molecule has 0 rings (SSSR count). The highest BCUT2D eigenvalue weighted by atomic mass is 31.2. The molecule has 78 heavy (non-hydrogen) atoms. The number of aliphatic hydroxyl groups excluding tert-OH is 1. The molecule has 0 aromatic rings. The van der Waals surface area contributed by atoms with E-state index in [1.54, 1.807) is 0 Å². The van der Waals surface area contributed by atoms with Crippen LogP contribution in [0.15, 0.2) is 146 Å². The first-order chi connectivity index (χ1) is 38.2. The zero-order chi connectivity index (χ0) is 56.9. The topological polar surface area (TPSA) is 155 Å². The predicted octanol–water partition coefficient (Wildman–Crippen LogP) is 17.9. The van der Waals surface area contributed by atoms with Crippen molar-refractivity contribution in [1.82, 2.24) is 0 Å². The molecule has 0 aromatic carbocycles. The molecular formula is C66H105O11P. The van der Waals surface area contributed by atoms with E-state index in [4.69, 9.17) is 23.3 Å². The Labute approximate surface area is 473 Å². The number of carbonyl (C=O) groups is 3. The van der Waals surface area contributed by atoms with Crippen LogP contribution in [0.25, 0.3) is 0 Å². The summed E-state index contributed by atoms with van der Waals surface area (Å²) in [6, 6.07) is 0. The van der Waals surface area contributed by atoms with Crippen molar-refractivity contribution < 1.29 is 52.2 Å². The Kier molecular flexibility index (Phi) is 55.0. The van der Waals surface area contributed by atoms with Crippen LogP contribution in [0.1, 0.15) is 213 Å². The lowest BCUT2D eigenvalue weighted by Crippen LogP contribution is -2.30. The van der Waals surface area contributed by atoms with Crippen LogP contribution in [-0.4, -0.2) is 66.5 Å². The van der Waals surface area contributed by atoms with Gasteiger partial charge in [0.05, 0.1) is 19.8 Å². The average Bonchev–Trinajstić information content (AvgIpc) is 3.43. The normalized spacial score (nSPS) is 14.4. The number of aliphatic hydroxyl groups is 1. The van der Waals surface area contributed by atoms with Gasteiger partial charge in [-0.05, 0) is 128 Å². The first-order valence-corrected chi connectivity index (χ1v) is 31.2. The molecule has 0 aliphatic rings. The Morgan fingerprint density at radius 1 is 0.372 bits per heavy atom. The molecule has 440 valence electrons. The Hall–Kier alpha value is -4.64. The van der Waals surface area contributed by atoms with E-state index in [0.29, 0.717) is 25.7 Å². The van der Waals surface area contributed by atoms with E-state index in [9.17, 15) is 28.9 Å². The fraction of sp³-hybridized carbons (Fsp3) is 0.591. The maximum absolute atomic E-state index is 12.9. The quantitative estimate of drug-likeness (QED) is 0.0197. The Bertz CT molecular complexity index is 1860. The summed E-state index contributed by atoms with van der Waals surface area (Å²) in [5.41, 5.74) is 0. The number of phosphoric ester groups is 1. The van der Waals surface area contributed by atoms with Crippen molar-refractivity contribution >= 4 is 25.7 Å². The van der Waals surface area contributed by atoms with E-state index in [2.05, 4.69) is 154 Å². The lowest BCUT2D eigenvalue weighted by Gasteiger charge is -2.21. The predicted molar refractivity (Wildman–Crippen MR) is 325 cm³/mol. The SMILES string of the molecule is CC/C=C\C/C=C\C/C=C\C/C=C\C/C=C\C/C=C\CCC(=O)OC(COC(=O)CCCCCCCCC/C=C\C/C=C\CCCCC)COP(=O)(O)OCC(CO)OC(=O)CCCC/C=C\C/C=C\C/C=C\C/C=C\CC. The second kappa shape index (κ2) is 58.5. The van der Waals surface area contributed by atoms with Crippen LogP contribution in [0, 0.1) is 0 Å². The second-order valence-electron chi connectivity index (χ2n) is 19.0. The maximum atomic E-state index is 12.9. The lowest BCUT2D eigenvalue weighted by molar-refractivity contribution is -0.161. The third-order valence-electron chi connectivity index (χ3n) is 11.7. The van der Waals surface area contributed by atoms with Crippen LogP contribution >= 0.6 is 7.82 Å². The van der Waals surface area contributed by atoms with Crippen molar-refractivity contribution in [2.24, 2.45) is 0 Å². The third kappa shape index (κ3) is 56.1. The number of rotatable bonds is 53. The Morgan fingerprint density at radius 2 is 0.692 bits per heavy atom. The number of esters is 3. The first kappa shape index (κ1) is 73.4. The summed E-state index contributed by atoms with van der Waals surface area (Å²) in [5.74, 6) is -1.64. The van der Waals surface area contributed by atoms with Gasteiger partial charge in [-0.3, -0.25) is 23.4 Å². The van der Waals surface area contributed by atoms with Crippen LogP contribution in [0.2, 0.25) is 0 Å². The molecular weight excluding hydrogens is 1000 g/mol. The number of ether oxygens (including phenoxy) is 3. The molecule has 0 heterocycles. The fourth-order valence-corrected chi connectivity index (χ4v) is 8.07. The highest BCUT2D eigenvalue weighted by molar-refractivity contribution is 7.47. The number of unbranched alkanes of at least 4 members (excludes halogenated alkanes) is 12. The van der Waals surface area contributed by atoms with E-state index in [1.165, 1.54) is 38.5 Å². The van der Waals surface area contributed by atoms with Crippen molar-refractivity contribution in [3.63, 3.8) is 0 Å². The first-order valence-electron chi connectivity index (χ1n) is 29.7. The van der Waals surface area contributed by atoms with Gasteiger partial charge in [-0.1, -0.05) is 212 Å². The van der Waals surface area contributed by atoms with Crippen molar-refractivity contribution in [1.29, 1.82) is 0 Å². The summed E-state index contributed by atoms with van der Waals surface area (Å²) in [6.45, 7) is 4.23. The minimum atomic E-state index is -4.79. The average molecular weight is 1110 g/mol. The van der Waals surface area contributed by atoms with Crippen molar-refractivity contribution in [3.8, 4) is 0 Å². The summed E-state index contributed by atoms with van der Waals surface area (Å²) in [4.78, 5) is 48.6. The molecule has 3 atom stereocenters. The van der Waals surface area contributed by atoms with Gasteiger partial charge in [-0.25, -0.2) is 4.57 Å². The monoisotopic (exact) mass is 1100 g/mol. The van der Waals surface area contributed by atoms with E-state index < -0.39 is 57.8 Å². The molecule has 0 spiro atoms. The zero-order valence-electron chi connectivity index (χ0n) is 48.6. The molecule has 0 radical (unpaired) electrons. The number of hydrogen-bond donors (Lipinski definition) is 2. The molecule has 0 bridgehead atoms. The molecule has 2 N–H and O–H groups in total. The molecule has 12 heteroatoms. The Morgan fingerprint density at radius 3 is 1.13 bits per heavy atom. The smallest absolute Gasteiger partial charge is 0.462 e. The summed E-state index contributed by atoms with van der Waals surface area (Å²) in [7, 11) is -4.79. The minimum absolute atomic E-state index is 0.0292. The largest absolute Gasteiger partial charge is 0.472 e. The molecule has 0 fully saturated rings. The Balaban J connectivity index is 4.91. The van der Waals surface area contributed by atoms with E-state index in [0.717, 1.165) is 109 Å². The number of allylic oxidation sites excluding steroid dienone is 24. The molecule has 0 saturated heterocycles. The van der Waals surface area contributed by atoms with Crippen molar-refractivity contribution in [3.05, 3.63) is 146 Å². The van der Waals surface area contributed by atoms with Gasteiger partial charge in [0, 0.05) is 19.3 Å². The lowest BCUT2D eigenvalue weighted by atomic mass is 10.1. The van der Waals surface area contributed by atoms with Crippen LogP contribution in [0.3, 0.4) is 0 Å². The number of hydrogen-bond acceptors (Lipinski definition) is 10. The summed E-state index contributed by atoms with van der Waals surface area (Å²) in [6.07, 6.45) is 75.3. The molecule has 11 nitrogen and oxygen atoms in total. The highest BCUT2D eigenvalue weighted by Crippen LogP contribution is 2.43. The molecule has 3 unspecified atom stereocenters. The number of carbonyl (C=O) groups excluding carboxylic acids is 3. The van der Waals surface area contributed by atoms with Crippen molar-refractivity contribution in [2.75, 3.05) is 26.4 Å². The standard InChI is InChI=1S/C66H105O11P/c1-4-7-10-13-16-19-22-25-28-30-31-33-36-39-42-45-48-51-54-57-66(70)77-63(59-73-64(68)55-52-49-46-43-40-37-35-32-29-26-23-20-17-14-11-8-5-2)61-75-78(71,72)74-60-62(58-67)76-65(69)56-53-50-47-44-41-38-34-27-24-21-18-15-12-9-6-3/h7,9-10,12,16-21,25-29,31,33-34,39,41-42,44,48,51,62-63,67H,4-6,8,11,13-15,22-24,30,32,35-38,40,43,45-47,49-50,52-61H2,1-3H3,(H,71,72)/b10-7-,12-9-,19-16-,20-17-,21-18-,28-25-,29-26-,33-31-,34-27-,42-39-,44-41-,51-48-. The summed E-state index contributed by atoms with van der Waals surface area (Å²) < 4.78 is 39.4. The van der Waals surface area contributed by atoms with Crippen LogP contribution in [0.4, 0.5) is 0 Å². The van der Waals surface area contributed by atoms with Crippen LogP contribution in [-0.2, 0) is 42.2 Å². The second-order valence-corrected chi connectivity index (χ2v) is 20.5. The molecule has 0 saturated carbocycles. The van der Waals surface area contributed by atoms with E-state index >= 15 is 0 Å². The number of phosphoric acid groups is 1. The molecule has 0 amide bonds. The molecule has 0 aliphatic heterocycles. The summed E-state index contributed by atoms with van der Waals surface area (Å²) >= 11 is 0. The van der Waals surface area contributed by atoms with Gasteiger partial charge in [0.15, 0.2) is 6.10 Å². The summed E-state index contributed by atoms with van der Waals surface area (Å²) in [5, 5.41) is 9.82. The minimum Gasteiger partial charge on any atom is -0.462 e. The molecule has 0 aromatic heterocycles. The van der Waals surface area contributed by atoms with Gasteiger partial charge in [0.25, 0.3) is 0 Å². The zero-order valence-corrected chi connectivity index (χ0v) is 49.5. The molecule has 0 aliphatic carbocycles. The van der Waals surface area contributed by atoms with Gasteiger partial charge in [-0.15, -0.1) is 0 Å². The van der Waals surface area contributed by atoms with Crippen molar-refractivity contribution in [2.45, 2.75) is 226 Å². The van der Waals surface area contributed by atoms with E-state index in [-0.39, 0.29) is 25.9 Å².